The number of halogens is 4. The Morgan fingerprint density at radius 3 is 2.30 bits per heavy atom. The number of carbonyl (C=O) groups is 3. The van der Waals surface area contributed by atoms with Gasteiger partial charge in [-0.05, 0) is 78.9 Å². The molecule has 2 amide bonds. The number of amides is 2. The molecule has 3 N–H and O–H groups in total. The fourth-order valence-corrected chi connectivity index (χ4v) is 5.68. The van der Waals surface area contributed by atoms with Crippen molar-refractivity contribution in [3.05, 3.63) is 92.7 Å². The molecule has 1 aliphatic rings. The molecule has 3 aromatic rings. The molecule has 2 atom stereocenters. The van der Waals surface area contributed by atoms with Crippen LogP contribution in [0.4, 0.5) is 17.6 Å². The lowest BCUT2D eigenvalue weighted by molar-refractivity contribution is -0.137. The smallest absolute Gasteiger partial charge is 0.305 e. The Kier molecular flexibility index (Phi) is 11.0. The van der Waals surface area contributed by atoms with Crippen molar-refractivity contribution in [2.75, 3.05) is 19.6 Å². The fraction of sp³-hybridized carbons (Fsp3) is 0.394. The van der Waals surface area contributed by atoms with E-state index in [0.717, 1.165) is 6.07 Å². The van der Waals surface area contributed by atoms with Crippen LogP contribution in [-0.2, 0) is 16.1 Å². The number of hydrogen-bond acceptors (Lipinski definition) is 5. The van der Waals surface area contributed by atoms with E-state index < -0.39 is 71.0 Å². The van der Waals surface area contributed by atoms with Crippen molar-refractivity contribution < 1.29 is 37.1 Å². The highest BCUT2D eigenvalue weighted by Crippen LogP contribution is 2.33. The van der Waals surface area contributed by atoms with E-state index in [4.69, 9.17) is 0 Å². The number of likely N-dealkylation sites (tertiary alicyclic amines) is 1. The standard InChI is InChI=1S/C33H36F4N4O5/c1-4-6-26(38-31(44)23-7-5-8-41(33(23)46)10-9-40-16-22(35)17-40)32(45)39-27(15-28(42)43)24-13-20(14-25(36)30(24)37)29-18(2)11-21(34)12-19(29)3/h5,7-8,11-14,22,26-27H,4,6,9-10,15-17H2,1-3H3,(H,38,44)(H,39,45)(H,42,43)/t26-,27-/m0/s1. The third kappa shape index (κ3) is 8.00. The van der Waals surface area contributed by atoms with E-state index in [1.165, 1.54) is 41.1 Å². The number of nitrogens with one attached hydrogen (secondary N) is 2. The Balaban J connectivity index is 1.58. The molecule has 0 unspecified atom stereocenters. The zero-order valence-electron chi connectivity index (χ0n) is 25.7. The van der Waals surface area contributed by atoms with Crippen LogP contribution in [0.5, 0.6) is 0 Å². The molecule has 13 heteroatoms. The summed E-state index contributed by atoms with van der Waals surface area (Å²) in [4.78, 5) is 53.3. The van der Waals surface area contributed by atoms with Crippen molar-refractivity contribution in [3.63, 3.8) is 0 Å². The number of carboxylic acids is 1. The number of nitrogens with zero attached hydrogens (tertiary/aromatic N) is 2. The first-order valence-corrected chi connectivity index (χ1v) is 14.9. The molecule has 0 aliphatic carbocycles. The van der Waals surface area contributed by atoms with E-state index in [9.17, 15) is 37.5 Å². The maximum atomic E-state index is 15.2. The van der Waals surface area contributed by atoms with Gasteiger partial charge in [-0.3, -0.25) is 24.1 Å². The average Bonchev–Trinajstić information content (AvgIpc) is 2.95. The van der Waals surface area contributed by atoms with Crippen LogP contribution < -0.4 is 16.2 Å². The second kappa shape index (κ2) is 14.7. The monoisotopic (exact) mass is 644 g/mol. The molecule has 1 aromatic heterocycles. The number of pyridine rings is 1. The molecule has 0 bridgehead atoms. The van der Waals surface area contributed by atoms with Gasteiger partial charge < -0.3 is 20.3 Å². The van der Waals surface area contributed by atoms with E-state index in [-0.39, 0.29) is 37.2 Å². The number of carbonyl (C=O) groups excluding carboxylic acids is 2. The Labute approximate surface area is 263 Å². The Morgan fingerprint density at radius 2 is 1.70 bits per heavy atom. The molecule has 2 heterocycles. The Morgan fingerprint density at radius 1 is 1.02 bits per heavy atom. The van der Waals surface area contributed by atoms with Crippen molar-refractivity contribution in [1.29, 1.82) is 0 Å². The number of rotatable bonds is 13. The minimum absolute atomic E-state index is 0.0859. The number of hydrogen-bond donors (Lipinski definition) is 3. The Bertz CT molecular complexity index is 1670. The number of alkyl halides is 1. The van der Waals surface area contributed by atoms with Gasteiger partial charge >= 0.3 is 5.97 Å². The van der Waals surface area contributed by atoms with Crippen molar-refractivity contribution >= 4 is 17.8 Å². The summed E-state index contributed by atoms with van der Waals surface area (Å²) in [5.41, 5.74) is 0.159. The molecule has 0 radical (unpaired) electrons. The largest absolute Gasteiger partial charge is 0.481 e. The van der Waals surface area contributed by atoms with Crippen molar-refractivity contribution in [2.24, 2.45) is 0 Å². The lowest BCUT2D eigenvalue weighted by Crippen LogP contribution is -2.50. The van der Waals surface area contributed by atoms with Crippen molar-refractivity contribution in [3.8, 4) is 11.1 Å². The normalized spacial score (nSPS) is 14.8. The van der Waals surface area contributed by atoms with Gasteiger partial charge in [-0.15, -0.1) is 0 Å². The number of aromatic nitrogens is 1. The van der Waals surface area contributed by atoms with Crippen molar-refractivity contribution in [2.45, 2.75) is 64.8 Å². The van der Waals surface area contributed by atoms with E-state index in [0.29, 0.717) is 29.7 Å². The third-order valence-corrected chi connectivity index (χ3v) is 7.95. The van der Waals surface area contributed by atoms with Crippen LogP contribution in [-0.4, -0.2) is 64.2 Å². The van der Waals surface area contributed by atoms with Crippen LogP contribution in [0, 0.1) is 31.3 Å². The Hall–Kier alpha value is -4.52. The minimum atomic E-state index is -1.55. The van der Waals surface area contributed by atoms with Crippen LogP contribution in [0.15, 0.2) is 47.4 Å². The van der Waals surface area contributed by atoms with Gasteiger partial charge in [-0.2, -0.15) is 0 Å². The first-order valence-electron chi connectivity index (χ1n) is 14.9. The quantitative estimate of drug-likeness (QED) is 0.237. The third-order valence-electron chi connectivity index (χ3n) is 7.95. The second-order valence-electron chi connectivity index (χ2n) is 11.5. The van der Waals surface area contributed by atoms with E-state index in [1.54, 1.807) is 20.8 Å². The van der Waals surface area contributed by atoms with Gasteiger partial charge in [-0.25, -0.2) is 17.6 Å². The highest BCUT2D eigenvalue weighted by molar-refractivity contribution is 5.97. The van der Waals surface area contributed by atoms with Crippen molar-refractivity contribution in [1.82, 2.24) is 20.1 Å². The topological polar surface area (TPSA) is 121 Å². The summed E-state index contributed by atoms with van der Waals surface area (Å²) in [5.74, 6) is -6.30. The van der Waals surface area contributed by atoms with Gasteiger partial charge in [0.25, 0.3) is 11.5 Å². The highest BCUT2D eigenvalue weighted by atomic mass is 19.2. The summed E-state index contributed by atoms with van der Waals surface area (Å²) in [7, 11) is 0. The van der Waals surface area contributed by atoms with E-state index >= 15 is 4.39 Å². The van der Waals surface area contributed by atoms with Crippen LogP contribution >= 0.6 is 0 Å². The summed E-state index contributed by atoms with van der Waals surface area (Å²) < 4.78 is 58.5. The maximum Gasteiger partial charge on any atom is 0.305 e. The molecule has 1 saturated heterocycles. The van der Waals surface area contributed by atoms with E-state index in [1.807, 2.05) is 4.90 Å². The second-order valence-corrected chi connectivity index (χ2v) is 11.5. The molecule has 246 valence electrons. The molecule has 0 spiro atoms. The summed E-state index contributed by atoms with van der Waals surface area (Å²) >= 11 is 0. The van der Waals surface area contributed by atoms with Gasteiger partial charge in [-0.1, -0.05) is 13.3 Å². The first-order chi connectivity index (χ1) is 21.8. The van der Waals surface area contributed by atoms with Crippen LogP contribution in [0.25, 0.3) is 11.1 Å². The zero-order valence-corrected chi connectivity index (χ0v) is 25.7. The molecule has 1 aliphatic heterocycles. The number of aryl methyl sites for hydroxylation is 2. The zero-order chi connectivity index (χ0) is 33.7. The number of carboxylic acid groups (broad SMARTS) is 1. The van der Waals surface area contributed by atoms with Crippen LogP contribution in [0.3, 0.4) is 0 Å². The predicted octanol–water partition coefficient (Wildman–Crippen LogP) is 4.43. The van der Waals surface area contributed by atoms with Gasteiger partial charge in [0.1, 0.15) is 23.6 Å². The number of aliphatic carboxylic acids is 1. The number of benzene rings is 2. The van der Waals surface area contributed by atoms with E-state index in [2.05, 4.69) is 10.6 Å². The van der Waals surface area contributed by atoms with Crippen LogP contribution in [0.2, 0.25) is 0 Å². The fourth-order valence-electron chi connectivity index (χ4n) is 5.68. The molecule has 4 rings (SSSR count). The van der Waals surface area contributed by atoms with Crippen LogP contribution in [0.1, 0.15) is 59.3 Å². The summed E-state index contributed by atoms with van der Waals surface area (Å²) in [6.45, 7) is 6.11. The minimum Gasteiger partial charge on any atom is -0.481 e. The van der Waals surface area contributed by atoms with Gasteiger partial charge in [0.2, 0.25) is 5.91 Å². The molecule has 2 aromatic carbocycles. The first kappa shape index (κ1) is 34.4. The molecule has 0 saturated carbocycles. The predicted molar refractivity (Wildman–Crippen MR) is 163 cm³/mol. The summed E-state index contributed by atoms with van der Waals surface area (Å²) in [6, 6.07) is 4.59. The lowest BCUT2D eigenvalue weighted by atomic mass is 9.91. The maximum absolute atomic E-state index is 15.2. The van der Waals surface area contributed by atoms with Gasteiger partial charge in [0, 0.05) is 37.9 Å². The van der Waals surface area contributed by atoms with Gasteiger partial charge in [0.15, 0.2) is 11.6 Å². The molecular weight excluding hydrogens is 608 g/mol. The lowest BCUT2D eigenvalue weighted by Gasteiger charge is -2.34. The summed E-state index contributed by atoms with van der Waals surface area (Å²) in [6.07, 6.45) is 0.267. The SMILES string of the molecule is CCC[C@H](NC(=O)c1cccn(CCN2CC(F)C2)c1=O)C(=O)N[C@@H](CC(=O)O)c1cc(-c2c(C)cc(F)cc2C)cc(F)c1F. The van der Waals surface area contributed by atoms with Gasteiger partial charge in [0.05, 0.1) is 12.5 Å². The molecular formula is C33H36F4N4O5. The highest BCUT2D eigenvalue weighted by Gasteiger charge is 2.30. The molecule has 1 fully saturated rings. The average molecular weight is 645 g/mol. The molecule has 46 heavy (non-hydrogen) atoms. The summed E-state index contributed by atoms with van der Waals surface area (Å²) in [5, 5.41) is 14.5. The molecule has 9 nitrogen and oxygen atoms in total.